The summed E-state index contributed by atoms with van der Waals surface area (Å²) in [6.07, 6.45) is 4.10. The van der Waals surface area contributed by atoms with Crippen molar-refractivity contribution in [2.24, 2.45) is 9.98 Å². The van der Waals surface area contributed by atoms with E-state index in [0.717, 1.165) is 0 Å². The first kappa shape index (κ1) is 18.9. The van der Waals surface area contributed by atoms with E-state index in [-0.39, 0.29) is 5.97 Å². The molecule has 0 bridgehead atoms. The van der Waals surface area contributed by atoms with Gasteiger partial charge in [0.25, 0.3) is 0 Å². The number of nitrogens with one attached hydrogen (secondary N) is 1. The van der Waals surface area contributed by atoms with Crippen LogP contribution in [0, 0.1) is 0 Å². The molecule has 8 heteroatoms. The number of urea groups is 1. The first-order chi connectivity index (χ1) is 9.86. The molecule has 0 fully saturated rings. The first-order valence-corrected chi connectivity index (χ1v) is 6.62. The van der Waals surface area contributed by atoms with Crippen LogP contribution in [0.5, 0.6) is 0 Å². The molecule has 0 aliphatic carbocycles. The van der Waals surface area contributed by atoms with Gasteiger partial charge in [0.05, 0.1) is 19.8 Å². The molecule has 0 aliphatic heterocycles. The maximum atomic E-state index is 11.6. The third-order valence-corrected chi connectivity index (χ3v) is 2.29. The van der Waals surface area contributed by atoms with Crippen LogP contribution < -0.4 is 5.32 Å². The van der Waals surface area contributed by atoms with E-state index in [1.807, 2.05) is 14.1 Å². The molecule has 0 aromatic carbocycles. The fourth-order valence-corrected chi connectivity index (χ4v) is 1.31. The van der Waals surface area contributed by atoms with Crippen molar-refractivity contribution < 1.29 is 14.3 Å². The summed E-state index contributed by atoms with van der Waals surface area (Å²) >= 11 is 0. The quantitative estimate of drug-likeness (QED) is 0.299. The molecule has 0 spiro atoms. The third kappa shape index (κ3) is 10.3. The van der Waals surface area contributed by atoms with Gasteiger partial charge >= 0.3 is 12.0 Å². The van der Waals surface area contributed by atoms with Gasteiger partial charge in [-0.1, -0.05) is 0 Å². The highest BCUT2D eigenvalue weighted by atomic mass is 16.5. The van der Waals surface area contributed by atoms with Gasteiger partial charge in [0, 0.05) is 34.7 Å². The lowest BCUT2D eigenvalue weighted by molar-refractivity contribution is -0.142. The lowest BCUT2D eigenvalue weighted by atomic mass is 10.1. The molecule has 1 unspecified atom stereocenters. The number of methoxy groups -OCH3 is 1. The normalized spacial score (nSPS) is 12.4. The van der Waals surface area contributed by atoms with Crippen molar-refractivity contribution in [3.05, 3.63) is 0 Å². The number of aliphatic imine (C=N–C) groups is 2. The van der Waals surface area contributed by atoms with Crippen LogP contribution in [0.1, 0.15) is 12.8 Å². The zero-order valence-electron chi connectivity index (χ0n) is 13.4. The van der Waals surface area contributed by atoms with Crippen molar-refractivity contribution in [3.63, 3.8) is 0 Å². The molecule has 0 saturated carbocycles. The maximum absolute atomic E-state index is 11.6. The summed E-state index contributed by atoms with van der Waals surface area (Å²) < 4.78 is 4.70. The second kappa shape index (κ2) is 10.6. The number of esters is 1. The molecule has 0 heterocycles. The van der Waals surface area contributed by atoms with Crippen LogP contribution in [0.15, 0.2) is 9.98 Å². The van der Waals surface area contributed by atoms with E-state index in [2.05, 4.69) is 15.3 Å². The van der Waals surface area contributed by atoms with Gasteiger partial charge in [-0.15, -0.1) is 0 Å². The average Bonchev–Trinajstić information content (AvgIpc) is 2.43. The molecule has 0 aromatic heterocycles. The highest BCUT2D eigenvalue weighted by Crippen LogP contribution is 2.03. The van der Waals surface area contributed by atoms with Gasteiger partial charge in [0.1, 0.15) is 6.04 Å². The SMILES string of the molecule is COC(=O)C(CCCNC(=O)N=CN(C)C)N=CN(C)C. The van der Waals surface area contributed by atoms with Crippen LogP contribution in [0.25, 0.3) is 0 Å². The monoisotopic (exact) mass is 299 g/mol. The summed E-state index contributed by atoms with van der Waals surface area (Å²) in [6.45, 7) is 0.425. The largest absolute Gasteiger partial charge is 0.467 e. The van der Waals surface area contributed by atoms with Crippen LogP contribution in [0.2, 0.25) is 0 Å². The zero-order valence-corrected chi connectivity index (χ0v) is 13.4. The van der Waals surface area contributed by atoms with Crippen molar-refractivity contribution in [3.8, 4) is 0 Å². The summed E-state index contributed by atoms with van der Waals surface area (Å²) in [6, 6.07) is -0.963. The molecule has 0 aliphatic rings. The standard InChI is InChI=1S/C13H25N5O3/c1-17(2)9-15-11(12(19)21-5)7-6-8-14-13(20)16-10-18(3)4/h9-11H,6-8H2,1-5H3,(H,14,20). The molecular weight excluding hydrogens is 274 g/mol. The Morgan fingerprint density at radius 1 is 1.19 bits per heavy atom. The highest BCUT2D eigenvalue weighted by Gasteiger charge is 2.16. The van der Waals surface area contributed by atoms with Crippen LogP contribution in [0.4, 0.5) is 4.79 Å². The molecule has 0 radical (unpaired) electrons. The summed E-state index contributed by atoms with van der Waals surface area (Å²) in [5.74, 6) is -0.384. The number of ether oxygens (including phenoxy) is 1. The summed E-state index contributed by atoms with van der Waals surface area (Å²) in [7, 11) is 8.53. The van der Waals surface area contributed by atoms with Crippen molar-refractivity contribution in [1.29, 1.82) is 0 Å². The fraction of sp³-hybridized carbons (Fsp3) is 0.692. The van der Waals surface area contributed by atoms with E-state index in [1.165, 1.54) is 13.4 Å². The number of carbonyl (C=O) groups is 2. The molecule has 0 saturated heterocycles. The van der Waals surface area contributed by atoms with Gasteiger partial charge in [0.2, 0.25) is 0 Å². The highest BCUT2D eigenvalue weighted by molar-refractivity contribution is 5.82. The van der Waals surface area contributed by atoms with Crippen molar-refractivity contribution in [2.75, 3.05) is 41.8 Å². The van der Waals surface area contributed by atoms with Gasteiger partial charge in [-0.25, -0.2) is 9.59 Å². The van der Waals surface area contributed by atoms with E-state index in [1.54, 1.807) is 30.2 Å². The van der Waals surface area contributed by atoms with Gasteiger partial charge in [-0.05, 0) is 12.8 Å². The van der Waals surface area contributed by atoms with Crippen LogP contribution in [-0.4, -0.2) is 82.4 Å². The summed E-state index contributed by atoms with van der Waals surface area (Å²) in [5, 5.41) is 2.64. The van der Waals surface area contributed by atoms with Crippen LogP contribution in [0.3, 0.4) is 0 Å². The van der Waals surface area contributed by atoms with Gasteiger partial charge < -0.3 is 19.9 Å². The van der Waals surface area contributed by atoms with E-state index >= 15 is 0 Å². The second-order valence-corrected chi connectivity index (χ2v) is 4.85. The lowest BCUT2D eigenvalue weighted by Crippen LogP contribution is -2.26. The van der Waals surface area contributed by atoms with E-state index in [9.17, 15) is 9.59 Å². The number of nitrogens with zero attached hydrogens (tertiary/aromatic N) is 4. The lowest BCUT2D eigenvalue weighted by Gasteiger charge is -2.11. The molecule has 2 amide bonds. The molecule has 0 aromatic rings. The van der Waals surface area contributed by atoms with E-state index < -0.39 is 12.1 Å². The van der Waals surface area contributed by atoms with Crippen molar-refractivity contribution in [1.82, 2.24) is 15.1 Å². The minimum absolute atomic E-state index is 0.384. The number of hydrogen-bond acceptors (Lipinski definition) is 4. The number of carbonyl (C=O) groups excluding carboxylic acids is 2. The van der Waals surface area contributed by atoms with Gasteiger partial charge in [-0.2, -0.15) is 4.99 Å². The summed E-state index contributed by atoms with van der Waals surface area (Å²) in [4.78, 5) is 34.1. The number of amides is 2. The van der Waals surface area contributed by atoms with E-state index in [0.29, 0.717) is 19.4 Å². The Bertz CT molecular complexity index is 380. The predicted molar refractivity (Wildman–Crippen MR) is 82.8 cm³/mol. The minimum Gasteiger partial charge on any atom is -0.467 e. The zero-order chi connectivity index (χ0) is 16.3. The Hall–Kier alpha value is -2.12. The molecular formula is C13H25N5O3. The second-order valence-electron chi connectivity index (χ2n) is 4.85. The van der Waals surface area contributed by atoms with Gasteiger partial charge in [0.15, 0.2) is 0 Å². The Kier molecular flexibility index (Phi) is 9.57. The van der Waals surface area contributed by atoms with Crippen molar-refractivity contribution in [2.45, 2.75) is 18.9 Å². The Balaban J connectivity index is 4.14. The minimum atomic E-state index is -0.556. The topological polar surface area (TPSA) is 86.6 Å². The summed E-state index contributed by atoms with van der Waals surface area (Å²) in [5.41, 5.74) is 0. The van der Waals surface area contributed by atoms with Gasteiger partial charge in [-0.3, -0.25) is 4.99 Å². The molecule has 1 N–H and O–H groups in total. The maximum Gasteiger partial charge on any atom is 0.342 e. The number of hydrogen-bond donors (Lipinski definition) is 1. The number of rotatable bonds is 8. The van der Waals surface area contributed by atoms with Crippen molar-refractivity contribution >= 4 is 24.7 Å². The Morgan fingerprint density at radius 3 is 2.33 bits per heavy atom. The smallest absolute Gasteiger partial charge is 0.342 e. The molecule has 120 valence electrons. The first-order valence-electron chi connectivity index (χ1n) is 6.62. The Labute approximate surface area is 125 Å². The average molecular weight is 299 g/mol. The Morgan fingerprint density at radius 2 is 1.81 bits per heavy atom. The predicted octanol–water partition coefficient (Wildman–Crippen LogP) is 0.198. The molecule has 8 nitrogen and oxygen atoms in total. The molecule has 0 rings (SSSR count). The third-order valence-electron chi connectivity index (χ3n) is 2.29. The molecule has 21 heavy (non-hydrogen) atoms. The molecule has 1 atom stereocenters. The fourth-order valence-electron chi connectivity index (χ4n) is 1.31. The van der Waals surface area contributed by atoms with E-state index in [4.69, 9.17) is 4.74 Å². The van der Waals surface area contributed by atoms with Crippen LogP contribution in [-0.2, 0) is 9.53 Å². The van der Waals surface area contributed by atoms with Crippen LogP contribution >= 0.6 is 0 Å².